The highest BCUT2D eigenvalue weighted by Gasteiger charge is 2.22. The monoisotopic (exact) mass is 292 g/mol. The van der Waals surface area contributed by atoms with E-state index >= 15 is 0 Å². The molecule has 0 fully saturated rings. The van der Waals surface area contributed by atoms with E-state index in [1.54, 1.807) is 14.2 Å². The first-order valence-corrected chi connectivity index (χ1v) is 7.35. The molecule has 0 aliphatic carbocycles. The molecule has 0 spiro atoms. The molecule has 0 radical (unpaired) electrons. The second kappa shape index (κ2) is 8.70. The second-order valence-electron chi connectivity index (χ2n) is 5.42. The van der Waals surface area contributed by atoms with Gasteiger partial charge < -0.3 is 20.5 Å². The van der Waals surface area contributed by atoms with Gasteiger partial charge in [0.2, 0.25) is 0 Å². The Labute approximate surface area is 128 Å². The van der Waals surface area contributed by atoms with E-state index in [-0.39, 0.29) is 5.54 Å². The lowest BCUT2D eigenvalue weighted by atomic mass is 9.92. The van der Waals surface area contributed by atoms with Crippen molar-refractivity contribution in [2.24, 2.45) is 5.73 Å². The molecular formula is C17H28N2O2. The van der Waals surface area contributed by atoms with Gasteiger partial charge in [0.1, 0.15) is 0 Å². The third-order valence-corrected chi connectivity index (χ3v) is 3.59. The van der Waals surface area contributed by atoms with Gasteiger partial charge >= 0.3 is 0 Å². The first kappa shape index (κ1) is 17.5. The van der Waals surface area contributed by atoms with E-state index in [2.05, 4.69) is 30.5 Å². The molecule has 4 heteroatoms. The van der Waals surface area contributed by atoms with E-state index < -0.39 is 0 Å². The summed E-state index contributed by atoms with van der Waals surface area (Å²) in [5.74, 6) is 1.50. The number of hydrogen-bond donors (Lipinski definition) is 2. The first-order chi connectivity index (χ1) is 10.1. The van der Waals surface area contributed by atoms with Crippen LogP contribution in [0.15, 0.2) is 30.4 Å². The average molecular weight is 292 g/mol. The van der Waals surface area contributed by atoms with Gasteiger partial charge in [-0.3, -0.25) is 0 Å². The van der Waals surface area contributed by atoms with Crippen LogP contribution in [-0.4, -0.2) is 32.8 Å². The molecule has 0 aromatic heterocycles. The lowest BCUT2D eigenvalue weighted by molar-refractivity contribution is 0.349. The quantitative estimate of drug-likeness (QED) is 0.542. The van der Waals surface area contributed by atoms with Crippen LogP contribution < -0.4 is 20.5 Å². The zero-order valence-electron chi connectivity index (χ0n) is 13.6. The van der Waals surface area contributed by atoms with Gasteiger partial charge in [-0.05, 0) is 50.9 Å². The maximum absolute atomic E-state index is 5.96. The topological polar surface area (TPSA) is 56.5 Å². The summed E-state index contributed by atoms with van der Waals surface area (Å²) in [7, 11) is 3.30. The van der Waals surface area contributed by atoms with E-state index in [1.165, 1.54) is 5.56 Å². The molecule has 1 unspecified atom stereocenters. The van der Waals surface area contributed by atoms with Crippen LogP contribution in [0, 0.1) is 0 Å². The van der Waals surface area contributed by atoms with Crippen LogP contribution in [0.1, 0.15) is 25.8 Å². The molecule has 3 N–H and O–H groups in total. The lowest BCUT2D eigenvalue weighted by Gasteiger charge is -2.30. The number of allylic oxidation sites excluding steroid dienone is 1. The van der Waals surface area contributed by atoms with Crippen molar-refractivity contribution >= 4 is 0 Å². The molecule has 1 atom stereocenters. The minimum Gasteiger partial charge on any atom is -0.493 e. The van der Waals surface area contributed by atoms with Gasteiger partial charge in [-0.15, -0.1) is 0 Å². The number of ether oxygens (including phenoxy) is 2. The third-order valence-electron chi connectivity index (χ3n) is 3.59. The van der Waals surface area contributed by atoms with Gasteiger partial charge in [0, 0.05) is 12.1 Å². The van der Waals surface area contributed by atoms with Gasteiger partial charge in [0.05, 0.1) is 14.2 Å². The zero-order chi connectivity index (χ0) is 15.7. The number of hydrogen-bond acceptors (Lipinski definition) is 4. The number of benzene rings is 1. The van der Waals surface area contributed by atoms with Crippen LogP contribution in [0.4, 0.5) is 0 Å². The molecule has 1 aromatic rings. The number of nitrogens with two attached hydrogens (primary N) is 1. The summed E-state index contributed by atoms with van der Waals surface area (Å²) in [6.07, 6.45) is 6.08. The smallest absolute Gasteiger partial charge is 0.160 e. The molecule has 0 aliphatic heterocycles. The van der Waals surface area contributed by atoms with Crippen LogP contribution in [-0.2, 0) is 6.42 Å². The van der Waals surface area contributed by atoms with Gasteiger partial charge in [0.25, 0.3) is 0 Å². The largest absolute Gasteiger partial charge is 0.493 e. The molecule has 4 nitrogen and oxygen atoms in total. The standard InChI is InChI=1S/C17H28N2O2/c1-5-6-7-10-19-17(2,13-18)12-14-8-9-15(20-3)16(11-14)21-4/h5-6,8-9,11,19H,7,10,12-13,18H2,1-4H3/b6-5+. The predicted molar refractivity (Wildman–Crippen MR) is 88.1 cm³/mol. The molecule has 0 saturated heterocycles. The minimum absolute atomic E-state index is 0.124. The van der Waals surface area contributed by atoms with E-state index in [0.717, 1.165) is 30.9 Å². The molecule has 0 saturated carbocycles. The van der Waals surface area contributed by atoms with E-state index in [1.807, 2.05) is 19.1 Å². The van der Waals surface area contributed by atoms with Gasteiger partial charge in [-0.1, -0.05) is 18.2 Å². The van der Waals surface area contributed by atoms with Crippen molar-refractivity contribution in [1.82, 2.24) is 5.32 Å². The fourth-order valence-electron chi connectivity index (χ4n) is 2.27. The Morgan fingerprint density at radius 3 is 2.52 bits per heavy atom. The van der Waals surface area contributed by atoms with Crippen molar-refractivity contribution in [3.05, 3.63) is 35.9 Å². The highest BCUT2D eigenvalue weighted by molar-refractivity contribution is 5.43. The summed E-state index contributed by atoms with van der Waals surface area (Å²) < 4.78 is 10.6. The Balaban J connectivity index is 2.75. The highest BCUT2D eigenvalue weighted by Crippen LogP contribution is 2.28. The predicted octanol–water partition coefficient (Wildman–Crippen LogP) is 2.52. The molecule has 0 amide bonds. The van der Waals surface area contributed by atoms with E-state index in [0.29, 0.717) is 6.54 Å². The molecule has 1 aromatic carbocycles. The Morgan fingerprint density at radius 1 is 1.24 bits per heavy atom. The highest BCUT2D eigenvalue weighted by atomic mass is 16.5. The Hall–Kier alpha value is -1.52. The van der Waals surface area contributed by atoms with E-state index in [4.69, 9.17) is 15.2 Å². The number of methoxy groups -OCH3 is 2. The molecule has 1 rings (SSSR count). The van der Waals surface area contributed by atoms with Crippen molar-refractivity contribution in [2.75, 3.05) is 27.3 Å². The Kier molecular flexibility index (Phi) is 7.26. The zero-order valence-corrected chi connectivity index (χ0v) is 13.6. The SMILES string of the molecule is C/C=C/CCNC(C)(CN)Cc1ccc(OC)c(OC)c1. The van der Waals surface area contributed by atoms with Crippen LogP contribution in [0.5, 0.6) is 11.5 Å². The summed E-state index contributed by atoms with van der Waals surface area (Å²) in [5.41, 5.74) is 7.02. The molecule has 0 heterocycles. The van der Waals surface area contributed by atoms with Gasteiger partial charge in [-0.2, -0.15) is 0 Å². The molecule has 0 bridgehead atoms. The molecule has 118 valence electrons. The van der Waals surface area contributed by atoms with Crippen molar-refractivity contribution < 1.29 is 9.47 Å². The maximum atomic E-state index is 5.96. The van der Waals surface area contributed by atoms with Crippen LogP contribution in [0.2, 0.25) is 0 Å². The van der Waals surface area contributed by atoms with Crippen molar-refractivity contribution in [1.29, 1.82) is 0 Å². The summed E-state index contributed by atoms with van der Waals surface area (Å²) in [6.45, 7) is 5.69. The number of rotatable bonds is 9. The van der Waals surface area contributed by atoms with E-state index in [9.17, 15) is 0 Å². The summed E-state index contributed by atoms with van der Waals surface area (Å²) >= 11 is 0. The van der Waals surface area contributed by atoms with Crippen molar-refractivity contribution in [3.8, 4) is 11.5 Å². The second-order valence-corrected chi connectivity index (χ2v) is 5.42. The molecular weight excluding hydrogens is 264 g/mol. The third kappa shape index (κ3) is 5.40. The lowest BCUT2D eigenvalue weighted by Crippen LogP contribution is -2.50. The van der Waals surface area contributed by atoms with Gasteiger partial charge in [0.15, 0.2) is 11.5 Å². The fraction of sp³-hybridized carbons (Fsp3) is 0.529. The van der Waals surface area contributed by atoms with Crippen molar-refractivity contribution in [2.45, 2.75) is 32.2 Å². The molecule has 0 aliphatic rings. The fourth-order valence-corrected chi connectivity index (χ4v) is 2.27. The van der Waals surface area contributed by atoms with Crippen molar-refractivity contribution in [3.63, 3.8) is 0 Å². The van der Waals surface area contributed by atoms with Crippen LogP contribution >= 0.6 is 0 Å². The first-order valence-electron chi connectivity index (χ1n) is 7.35. The summed E-state index contributed by atoms with van der Waals surface area (Å²) in [4.78, 5) is 0. The minimum atomic E-state index is -0.124. The summed E-state index contributed by atoms with van der Waals surface area (Å²) in [6, 6.07) is 6.01. The van der Waals surface area contributed by atoms with Crippen LogP contribution in [0.25, 0.3) is 0 Å². The normalized spacial score (nSPS) is 14.1. The maximum Gasteiger partial charge on any atom is 0.160 e. The van der Waals surface area contributed by atoms with Gasteiger partial charge in [-0.25, -0.2) is 0 Å². The Bertz CT molecular complexity index is 460. The average Bonchev–Trinajstić information content (AvgIpc) is 2.51. The number of nitrogens with one attached hydrogen (secondary N) is 1. The Morgan fingerprint density at radius 2 is 1.95 bits per heavy atom. The van der Waals surface area contributed by atoms with Crippen LogP contribution in [0.3, 0.4) is 0 Å². The molecule has 21 heavy (non-hydrogen) atoms. The summed E-state index contributed by atoms with van der Waals surface area (Å²) in [5, 5.41) is 3.55.